The molecule has 0 aliphatic carbocycles. The lowest BCUT2D eigenvalue weighted by Crippen LogP contribution is -2.38. The quantitative estimate of drug-likeness (QED) is 0.765. The summed E-state index contributed by atoms with van der Waals surface area (Å²) in [5.41, 5.74) is 0.166. The molecule has 2 heteroatoms. The van der Waals surface area contributed by atoms with Crippen molar-refractivity contribution in [3.8, 4) is 0 Å². The van der Waals surface area contributed by atoms with Gasteiger partial charge in [0.1, 0.15) is 0 Å². The minimum absolute atomic E-state index is 0.394. The third kappa shape index (κ3) is 3.13. The van der Waals surface area contributed by atoms with Crippen LogP contribution < -0.4 is 5.32 Å². The normalized spacial score (nSPS) is 15.5. The van der Waals surface area contributed by atoms with Crippen LogP contribution >= 0.6 is 0 Å². The lowest BCUT2D eigenvalue weighted by atomic mass is 9.96. The molecule has 14 heavy (non-hydrogen) atoms. The first-order valence-corrected chi connectivity index (χ1v) is 5.03. The molecule has 0 spiro atoms. The number of aliphatic hydroxyl groups is 1. The Morgan fingerprint density at radius 3 is 2.36 bits per heavy atom. The molecule has 0 unspecified atom stereocenters. The van der Waals surface area contributed by atoms with Gasteiger partial charge < -0.3 is 10.4 Å². The van der Waals surface area contributed by atoms with Gasteiger partial charge in [-0.2, -0.15) is 0 Å². The lowest BCUT2D eigenvalue weighted by Gasteiger charge is -2.25. The largest absolute Gasteiger partial charge is 0.384 e. The predicted octanol–water partition coefficient (Wildman–Crippen LogP) is 1.89. The molecule has 0 aliphatic heterocycles. The predicted molar refractivity (Wildman–Crippen MR) is 59.2 cm³/mol. The summed E-state index contributed by atoms with van der Waals surface area (Å²) >= 11 is 0. The van der Waals surface area contributed by atoms with Crippen molar-refractivity contribution in [3.63, 3.8) is 0 Å². The third-order valence-corrected chi connectivity index (χ3v) is 2.25. The van der Waals surface area contributed by atoms with E-state index >= 15 is 0 Å². The molecule has 78 valence electrons. The van der Waals surface area contributed by atoms with E-state index in [2.05, 4.69) is 19.2 Å². The zero-order chi connectivity index (χ0) is 10.6. The van der Waals surface area contributed by atoms with Gasteiger partial charge in [-0.25, -0.2) is 0 Å². The van der Waals surface area contributed by atoms with Gasteiger partial charge in [0, 0.05) is 12.6 Å². The molecule has 0 aliphatic rings. The number of nitrogens with one attached hydrogen (secondary N) is 1. The first kappa shape index (κ1) is 11.2. The van der Waals surface area contributed by atoms with Gasteiger partial charge in [0.25, 0.3) is 0 Å². The summed E-state index contributed by atoms with van der Waals surface area (Å²) in [6.07, 6.45) is 0. The number of hydrogen-bond acceptors (Lipinski definition) is 2. The smallest absolute Gasteiger partial charge is 0.0992 e. The van der Waals surface area contributed by atoms with Crippen LogP contribution in [0.5, 0.6) is 0 Å². The Kier molecular flexibility index (Phi) is 3.67. The Morgan fingerprint density at radius 2 is 1.86 bits per heavy atom. The average molecular weight is 193 g/mol. The highest BCUT2D eigenvalue weighted by Crippen LogP contribution is 2.18. The summed E-state index contributed by atoms with van der Waals surface area (Å²) in [6.45, 7) is 6.55. The molecule has 0 fully saturated rings. The van der Waals surface area contributed by atoms with E-state index in [0.29, 0.717) is 12.6 Å². The van der Waals surface area contributed by atoms with Crippen LogP contribution in [0.25, 0.3) is 0 Å². The van der Waals surface area contributed by atoms with Crippen LogP contribution in [0.1, 0.15) is 26.3 Å². The summed E-state index contributed by atoms with van der Waals surface area (Å²) < 4.78 is 0. The molecule has 0 bridgehead atoms. The maximum Gasteiger partial charge on any atom is 0.0992 e. The van der Waals surface area contributed by atoms with E-state index in [1.807, 2.05) is 37.3 Å². The summed E-state index contributed by atoms with van der Waals surface area (Å²) in [5.74, 6) is 0. The molecule has 1 atom stereocenters. The first-order chi connectivity index (χ1) is 6.52. The van der Waals surface area contributed by atoms with Crippen LogP contribution in [0.3, 0.4) is 0 Å². The average Bonchev–Trinajstić information content (AvgIpc) is 2.16. The second-order valence-corrected chi connectivity index (χ2v) is 4.18. The van der Waals surface area contributed by atoms with Crippen molar-refractivity contribution in [1.82, 2.24) is 5.32 Å². The molecule has 1 rings (SSSR count). The Balaban J connectivity index is 2.66. The summed E-state index contributed by atoms with van der Waals surface area (Å²) in [7, 11) is 0. The first-order valence-electron chi connectivity index (χ1n) is 5.03. The maximum absolute atomic E-state index is 10.2. The fourth-order valence-corrected chi connectivity index (χ4v) is 1.30. The maximum atomic E-state index is 10.2. The Bertz CT molecular complexity index is 267. The number of benzene rings is 1. The summed E-state index contributed by atoms with van der Waals surface area (Å²) in [5, 5.41) is 13.4. The van der Waals surface area contributed by atoms with E-state index in [-0.39, 0.29) is 0 Å². The van der Waals surface area contributed by atoms with Crippen LogP contribution in [0, 0.1) is 0 Å². The Morgan fingerprint density at radius 1 is 1.29 bits per heavy atom. The molecule has 0 radical (unpaired) electrons. The van der Waals surface area contributed by atoms with E-state index in [9.17, 15) is 5.11 Å². The summed E-state index contributed by atoms with van der Waals surface area (Å²) in [6, 6.07) is 10.1. The third-order valence-electron chi connectivity index (χ3n) is 2.25. The van der Waals surface area contributed by atoms with Crippen molar-refractivity contribution in [3.05, 3.63) is 35.9 Å². The molecule has 1 aromatic carbocycles. The van der Waals surface area contributed by atoms with E-state index < -0.39 is 5.60 Å². The van der Waals surface area contributed by atoms with Gasteiger partial charge >= 0.3 is 0 Å². The molecular formula is C12H19NO. The van der Waals surface area contributed by atoms with Crippen LogP contribution in [-0.4, -0.2) is 17.7 Å². The highest BCUT2D eigenvalue weighted by Gasteiger charge is 2.22. The van der Waals surface area contributed by atoms with E-state index in [4.69, 9.17) is 0 Å². The monoisotopic (exact) mass is 193 g/mol. The zero-order valence-electron chi connectivity index (χ0n) is 9.12. The lowest BCUT2D eigenvalue weighted by molar-refractivity contribution is 0.0549. The van der Waals surface area contributed by atoms with E-state index in [0.717, 1.165) is 5.56 Å². The molecular weight excluding hydrogens is 174 g/mol. The zero-order valence-corrected chi connectivity index (χ0v) is 9.12. The molecule has 0 saturated carbocycles. The van der Waals surface area contributed by atoms with Gasteiger partial charge in [0.15, 0.2) is 0 Å². The number of hydrogen-bond donors (Lipinski definition) is 2. The van der Waals surface area contributed by atoms with Crippen molar-refractivity contribution in [2.75, 3.05) is 6.54 Å². The number of rotatable bonds is 4. The van der Waals surface area contributed by atoms with Crippen LogP contribution in [-0.2, 0) is 5.60 Å². The second-order valence-electron chi connectivity index (χ2n) is 4.18. The van der Waals surface area contributed by atoms with Crippen molar-refractivity contribution in [2.45, 2.75) is 32.4 Å². The molecule has 2 nitrogen and oxygen atoms in total. The van der Waals surface area contributed by atoms with Crippen molar-refractivity contribution in [1.29, 1.82) is 0 Å². The van der Waals surface area contributed by atoms with Gasteiger partial charge in [-0.1, -0.05) is 44.2 Å². The van der Waals surface area contributed by atoms with Crippen molar-refractivity contribution >= 4 is 0 Å². The standard InChI is InChI=1S/C12H19NO/c1-10(2)13-9-12(3,14)11-7-5-4-6-8-11/h4-8,10,13-14H,9H2,1-3H3/t12-/m1/s1. The van der Waals surface area contributed by atoms with Gasteiger partial charge in [-0.3, -0.25) is 0 Å². The van der Waals surface area contributed by atoms with Crippen molar-refractivity contribution in [2.24, 2.45) is 0 Å². The van der Waals surface area contributed by atoms with E-state index in [1.165, 1.54) is 0 Å². The SMILES string of the molecule is CC(C)NC[C@@](C)(O)c1ccccc1. The van der Waals surface area contributed by atoms with Crippen molar-refractivity contribution < 1.29 is 5.11 Å². The molecule has 0 amide bonds. The van der Waals surface area contributed by atoms with Gasteiger partial charge in [-0.05, 0) is 12.5 Å². The van der Waals surface area contributed by atoms with Crippen LogP contribution in [0.2, 0.25) is 0 Å². The highest BCUT2D eigenvalue weighted by atomic mass is 16.3. The van der Waals surface area contributed by atoms with Crippen LogP contribution in [0.4, 0.5) is 0 Å². The fraction of sp³-hybridized carbons (Fsp3) is 0.500. The van der Waals surface area contributed by atoms with Gasteiger partial charge in [0.2, 0.25) is 0 Å². The summed E-state index contributed by atoms with van der Waals surface area (Å²) in [4.78, 5) is 0. The van der Waals surface area contributed by atoms with E-state index in [1.54, 1.807) is 0 Å². The molecule has 0 saturated heterocycles. The van der Waals surface area contributed by atoms with Gasteiger partial charge in [-0.15, -0.1) is 0 Å². The highest BCUT2D eigenvalue weighted by molar-refractivity contribution is 5.21. The minimum Gasteiger partial charge on any atom is -0.384 e. The Hall–Kier alpha value is -0.860. The topological polar surface area (TPSA) is 32.3 Å². The molecule has 1 aromatic rings. The molecule has 2 N–H and O–H groups in total. The van der Waals surface area contributed by atoms with Crippen LogP contribution in [0.15, 0.2) is 30.3 Å². The molecule has 0 aromatic heterocycles. The Labute approximate surface area is 86.0 Å². The second kappa shape index (κ2) is 4.58. The molecule has 0 heterocycles. The fourth-order valence-electron chi connectivity index (χ4n) is 1.30. The minimum atomic E-state index is -0.786. The van der Waals surface area contributed by atoms with Gasteiger partial charge in [0.05, 0.1) is 5.60 Å².